The fourth-order valence-corrected chi connectivity index (χ4v) is 5.21. The van der Waals surface area contributed by atoms with Crippen LogP contribution < -0.4 is 22.1 Å². The maximum atomic E-state index is 14.3. The van der Waals surface area contributed by atoms with Crippen LogP contribution in [0.4, 0.5) is 5.69 Å². The Morgan fingerprint density at radius 3 is 2.07 bits per heavy atom. The molecule has 4 amide bonds. The first-order valence-electron chi connectivity index (χ1n) is 14.6. The third kappa shape index (κ3) is 8.49. The molecule has 13 heteroatoms. The first-order valence-corrected chi connectivity index (χ1v) is 14.6. The number of hydrogen-bond acceptors (Lipinski definition) is 9. The maximum Gasteiger partial charge on any atom is 0.269 e. The number of nitrogens with two attached hydrogens (primary N) is 2. The van der Waals surface area contributed by atoms with Gasteiger partial charge in [0, 0.05) is 25.0 Å². The molecule has 0 saturated carbocycles. The predicted molar refractivity (Wildman–Crippen MR) is 165 cm³/mol. The lowest BCUT2D eigenvalue weighted by Crippen LogP contribution is -2.60. The van der Waals surface area contributed by atoms with E-state index < -0.39 is 52.7 Å². The van der Waals surface area contributed by atoms with Crippen molar-refractivity contribution < 1.29 is 29.2 Å². The van der Waals surface area contributed by atoms with E-state index in [-0.39, 0.29) is 43.7 Å². The summed E-state index contributed by atoms with van der Waals surface area (Å²) in [6.45, 7) is 0.177. The van der Waals surface area contributed by atoms with Crippen LogP contribution in [-0.2, 0) is 38.4 Å². The van der Waals surface area contributed by atoms with Crippen LogP contribution in [0.25, 0.3) is 0 Å². The van der Waals surface area contributed by atoms with E-state index in [0.29, 0.717) is 17.5 Å². The molecule has 0 spiro atoms. The number of amides is 4. The second-order valence-electron chi connectivity index (χ2n) is 10.9. The average molecular weight is 617 g/mol. The molecule has 0 unspecified atom stereocenters. The molecule has 3 aromatic carbocycles. The molecule has 3 aromatic rings. The van der Waals surface area contributed by atoms with E-state index >= 15 is 0 Å². The largest absolute Gasteiger partial charge is 0.508 e. The first-order chi connectivity index (χ1) is 21.6. The van der Waals surface area contributed by atoms with Crippen LogP contribution in [-0.4, -0.2) is 69.3 Å². The Morgan fingerprint density at radius 1 is 0.867 bits per heavy atom. The highest BCUT2D eigenvalue weighted by Crippen LogP contribution is 2.20. The second kappa shape index (κ2) is 15.0. The number of carbonyl (C=O) groups is 4. The van der Waals surface area contributed by atoms with Gasteiger partial charge in [-0.25, -0.2) is 0 Å². The summed E-state index contributed by atoms with van der Waals surface area (Å²) < 4.78 is 0. The summed E-state index contributed by atoms with van der Waals surface area (Å²) in [5, 5.41) is 26.2. The Morgan fingerprint density at radius 2 is 1.44 bits per heavy atom. The highest BCUT2D eigenvalue weighted by molar-refractivity contribution is 6.06. The van der Waals surface area contributed by atoms with Gasteiger partial charge in [0.25, 0.3) is 11.6 Å². The molecule has 0 aliphatic carbocycles. The quantitative estimate of drug-likeness (QED) is 0.154. The number of phenols is 1. The van der Waals surface area contributed by atoms with Gasteiger partial charge in [0.05, 0.1) is 11.0 Å². The summed E-state index contributed by atoms with van der Waals surface area (Å²) in [7, 11) is 0. The zero-order valence-corrected chi connectivity index (χ0v) is 24.5. The number of carbonyl (C=O) groups excluding carboxylic acids is 4. The minimum Gasteiger partial charge on any atom is -0.508 e. The Bertz CT molecular complexity index is 1520. The summed E-state index contributed by atoms with van der Waals surface area (Å²) in [4.78, 5) is 67.1. The molecular formula is C32H36N6O7. The van der Waals surface area contributed by atoms with Crippen molar-refractivity contribution >= 4 is 29.3 Å². The zero-order valence-electron chi connectivity index (χ0n) is 24.5. The number of nitro groups is 1. The van der Waals surface area contributed by atoms with E-state index in [0.717, 1.165) is 10.5 Å². The van der Waals surface area contributed by atoms with E-state index in [1.54, 1.807) is 36.4 Å². The van der Waals surface area contributed by atoms with Crippen LogP contribution in [0.5, 0.6) is 5.75 Å². The van der Waals surface area contributed by atoms with Crippen molar-refractivity contribution in [2.75, 3.05) is 6.54 Å². The van der Waals surface area contributed by atoms with Gasteiger partial charge in [-0.1, -0.05) is 54.6 Å². The number of aromatic hydroxyl groups is 1. The molecule has 45 heavy (non-hydrogen) atoms. The van der Waals surface area contributed by atoms with Crippen LogP contribution in [0.15, 0.2) is 78.9 Å². The normalized spacial score (nSPS) is 19.5. The third-order valence-electron chi connectivity index (χ3n) is 7.60. The number of nitrogens with zero attached hydrogens (tertiary/aromatic N) is 2. The fourth-order valence-electron chi connectivity index (χ4n) is 5.21. The first kappa shape index (κ1) is 32.8. The highest BCUT2D eigenvalue weighted by atomic mass is 16.6. The highest BCUT2D eigenvalue weighted by Gasteiger charge is 2.43. The lowest BCUT2D eigenvalue weighted by atomic mass is 9.99. The number of imide groups is 1. The van der Waals surface area contributed by atoms with Crippen LogP contribution in [0, 0.1) is 10.1 Å². The molecule has 1 aliphatic heterocycles. The smallest absolute Gasteiger partial charge is 0.269 e. The molecule has 13 nitrogen and oxygen atoms in total. The monoisotopic (exact) mass is 616 g/mol. The molecule has 0 aromatic heterocycles. The lowest BCUT2D eigenvalue weighted by Gasteiger charge is -2.33. The standard InChI is InChI=1S/C32H36N6O7/c33-16-4-7-28-30(41)35-26(18-20-5-2-1-3-6-20)29(40)36-27(19-22-8-12-23(13-9-22)38(44)45)32(43)37(28)31(42)25(34)17-21-10-14-24(39)15-11-21/h1-3,5-6,8-15,25-28,39H,4,7,16-19,33-34H2,(H,35,41)(H,36,40)/t25-,26-,27-,28+/m0/s1. The van der Waals surface area contributed by atoms with Gasteiger partial charge in [-0.05, 0) is 54.6 Å². The topological polar surface area (TPSA) is 211 Å². The molecule has 7 N–H and O–H groups in total. The van der Waals surface area contributed by atoms with E-state index in [1.807, 2.05) is 6.07 Å². The van der Waals surface area contributed by atoms with E-state index in [9.17, 15) is 34.4 Å². The summed E-state index contributed by atoms with van der Waals surface area (Å²) in [5.41, 5.74) is 13.8. The van der Waals surface area contributed by atoms with Crippen molar-refractivity contribution in [3.8, 4) is 5.75 Å². The minimum absolute atomic E-state index is 0.00410. The molecule has 4 atom stereocenters. The molecule has 236 valence electrons. The van der Waals surface area contributed by atoms with Gasteiger partial charge in [0.15, 0.2) is 0 Å². The van der Waals surface area contributed by atoms with E-state index in [4.69, 9.17) is 11.5 Å². The molecule has 1 saturated heterocycles. The number of non-ortho nitro benzene ring substituents is 1. The van der Waals surface area contributed by atoms with Gasteiger partial charge in [0.2, 0.25) is 17.7 Å². The fraction of sp³-hybridized carbons (Fsp3) is 0.312. The van der Waals surface area contributed by atoms with Crippen molar-refractivity contribution in [3.05, 3.63) is 106 Å². The van der Waals surface area contributed by atoms with Crippen LogP contribution in [0.2, 0.25) is 0 Å². The maximum absolute atomic E-state index is 14.3. The van der Waals surface area contributed by atoms with Gasteiger partial charge >= 0.3 is 0 Å². The predicted octanol–water partition coefficient (Wildman–Crippen LogP) is 1.10. The van der Waals surface area contributed by atoms with Crippen LogP contribution in [0.1, 0.15) is 29.5 Å². The van der Waals surface area contributed by atoms with E-state index in [2.05, 4.69) is 10.6 Å². The molecule has 0 radical (unpaired) electrons. The minimum atomic E-state index is -1.32. The van der Waals surface area contributed by atoms with Crippen molar-refractivity contribution in [1.82, 2.24) is 15.5 Å². The summed E-state index contributed by atoms with van der Waals surface area (Å²) >= 11 is 0. The number of benzene rings is 3. The number of phenolic OH excluding ortho intramolecular Hbond substituents is 1. The molecular weight excluding hydrogens is 580 g/mol. The summed E-state index contributed by atoms with van der Waals surface area (Å²) in [6, 6.07) is 15.6. The van der Waals surface area contributed by atoms with Crippen LogP contribution in [0.3, 0.4) is 0 Å². The van der Waals surface area contributed by atoms with Crippen molar-refractivity contribution in [2.45, 2.75) is 56.3 Å². The molecule has 0 bridgehead atoms. The SMILES string of the molecule is NCCC[C@@H]1C(=O)N[C@@H](Cc2ccccc2)C(=O)N[C@@H](Cc2ccc([N+](=O)[O-])cc2)C(=O)N1C(=O)[C@@H](N)Cc1ccc(O)cc1. The number of nitro benzene ring substituents is 1. The van der Waals surface area contributed by atoms with Crippen molar-refractivity contribution in [2.24, 2.45) is 11.5 Å². The van der Waals surface area contributed by atoms with Crippen molar-refractivity contribution in [1.29, 1.82) is 0 Å². The third-order valence-corrected chi connectivity index (χ3v) is 7.60. The van der Waals surface area contributed by atoms with Gasteiger partial charge < -0.3 is 27.2 Å². The number of nitrogens with one attached hydrogen (secondary N) is 2. The Kier molecular flexibility index (Phi) is 11.0. The Balaban J connectivity index is 1.73. The second-order valence-corrected chi connectivity index (χ2v) is 10.9. The zero-order chi connectivity index (χ0) is 32.5. The van der Waals surface area contributed by atoms with E-state index in [1.165, 1.54) is 36.4 Å². The summed E-state index contributed by atoms with van der Waals surface area (Å²) in [5.74, 6) is -2.97. The van der Waals surface area contributed by atoms with Gasteiger partial charge in [-0.3, -0.25) is 34.2 Å². The Labute approximate surface area is 259 Å². The number of hydrogen-bond donors (Lipinski definition) is 5. The van der Waals surface area contributed by atoms with Crippen LogP contribution >= 0.6 is 0 Å². The van der Waals surface area contributed by atoms with Gasteiger partial charge in [0.1, 0.15) is 23.9 Å². The van der Waals surface area contributed by atoms with Gasteiger partial charge in [-0.15, -0.1) is 0 Å². The van der Waals surface area contributed by atoms with Crippen molar-refractivity contribution in [3.63, 3.8) is 0 Å². The average Bonchev–Trinajstić information content (AvgIpc) is 3.06. The lowest BCUT2D eigenvalue weighted by molar-refractivity contribution is -0.384. The van der Waals surface area contributed by atoms with Gasteiger partial charge in [-0.2, -0.15) is 0 Å². The number of rotatable bonds is 11. The molecule has 4 rings (SSSR count). The molecule has 1 fully saturated rings. The molecule has 1 aliphatic rings. The summed E-state index contributed by atoms with van der Waals surface area (Å²) in [6.07, 6.45) is 0.330. The Hall–Kier alpha value is -5.14. The molecule has 1 heterocycles.